The fourth-order valence-corrected chi connectivity index (χ4v) is 1.21. The molecule has 17 heavy (non-hydrogen) atoms. The lowest BCUT2D eigenvalue weighted by Crippen LogP contribution is -2.08. The highest BCUT2D eigenvalue weighted by Crippen LogP contribution is 2.29. The number of benzene rings is 1. The van der Waals surface area contributed by atoms with Crippen molar-refractivity contribution in [3.63, 3.8) is 0 Å². The van der Waals surface area contributed by atoms with Crippen LogP contribution in [0.25, 0.3) is 0 Å². The first-order valence-electron chi connectivity index (χ1n) is 4.50. The minimum absolute atomic E-state index is 0.437. The number of carbonyl (C=O) groups excluding carboxylic acids is 1. The maximum absolute atomic E-state index is 13.2. The Bertz CT molecular complexity index is 430. The molecule has 7 heteroatoms. The van der Waals surface area contributed by atoms with E-state index in [9.17, 15) is 22.4 Å². The van der Waals surface area contributed by atoms with E-state index in [0.717, 1.165) is 7.11 Å². The van der Waals surface area contributed by atoms with Crippen LogP contribution in [0.1, 0.15) is 12.0 Å². The van der Waals surface area contributed by atoms with Crippen LogP contribution in [-0.2, 0) is 16.0 Å². The number of rotatable bonds is 3. The molecule has 1 aromatic carbocycles. The van der Waals surface area contributed by atoms with Crippen LogP contribution < -0.4 is 0 Å². The van der Waals surface area contributed by atoms with Gasteiger partial charge in [-0.2, -0.15) is 8.78 Å². The maximum Gasteiger partial charge on any atom is 0.305 e. The number of hydrogen-bond acceptors (Lipinski definition) is 3. The van der Waals surface area contributed by atoms with Gasteiger partial charge in [0.2, 0.25) is 11.6 Å². The normalized spacial score (nSPS) is 10.4. The summed E-state index contributed by atoms with van der Waals surface area (Å²) in [5, 5.41) is 8.69. The second-order valence-corrected chi connectivity index (χ2v) is 3.16. The lowest BCUT2D eigenvalue weighted by molar-refractivity contribution is -0.140. The monoisotopic (exact) mass is 252 g/mol. The van der Waals surface area contributed by atoms with Gasteiger partial charge in [-0.3, -0.25) is 4.79 Å². The predicted octanol–water partition coefficient (Wildman–Crippen LogP) is 2.05. The molecule has 1 rings (SSSR count). The van der Waals surface area contributed by atoms with Gasteiger partial charge in [0.25, 0.3) is 0 Å². The molecule has 0 saturated heterocycles. The van der Waals surface area contributed by atoms with Gasteiger partial charge in [0.05, 0.1) is 7.11 Å². The number of phenols is 1. The number of ether oxygens (including phenoxy) is 1. The van der Waals surface area contributed by atoms with Gasteiger partial charge in [0.1, 0.15) is 0 Å². The van der Waals surface area contributed by atoms with E-state index in [0.29, 0.717) is 0 Å². The molecule has 0 saturated carbocycles. The topological polar surface area (TPSA) is 46.5 Å². The molecule has 0 radical (unpaired) electrons. The van der Waals surface area contributed by atoms with E-state index >= 15 is 0 Å². The molecule has 1 aromatic rings. The third-order valence-corrected chi connectivity index (χ3v) is 2.14. The Morgan fingerprint density at radius 2 is 1.59 bits per heavy atom. The van der Waals surface area contributed by atoms with Gasteiger partial charge in [-0.1, -0.05) is 0 Å². The zero-order valence-corrected chi connectivity index (χ0v) is 8.69. The highest BCUT2D eigenvalue weighted by Gasteiger charge is 2.25. The summed E-state index contributed by atoms with van der Waals surface area (Å²) in [6, 6.07) is 0. The summed E-state index contributed by atoms with van der Waals surface area (Å²) in [4.78, 5) is 10.7. The van der Waals surface area contributed by atoms with Crippen LogP contribution >= 0.6 is 0 Å². The van der Waals surface area contributed by atoms with Crippen molar-refractivity contribution in [2.24, 2.45) is 0 Å². The first kappa shape index (κ1) is 13.3. The summed E-state index contributed by atoms with van der Waals surface area (Å²) in [5.74, 6) is -9.71. The molecular weight excluding hydrogens is 244 g/mol. The predicted molar refractivity (Wildman–Crippen MR) is 48.3 cm³/mol. The molecule has 0 fully saturated rings. The van der Waals surface area contributed by atoms with Gasteiger partial charge in [-0.25, -0.2) is 8.78 Å². The Morgan fingerprint density at radius 1 is 1.12 bits per heavy atom. The van der Waals surface area contributed by atoms with E-state index in [1.165, 1.54) is 0 Å². The molecule has 0 unspecified atom stereocenters. The van der Waals surface area contributed by atoms with E-state index in [2.05, 4.69) is 4.74 Å². The average molecular weight is 252 g/mol. The minimum atomic E-state index is -1.89. The smallest absolute Gasteiger partial charge is 0.305 e. The number of carbonyl (C=O) groups is 1. The van der Waals surface area contributed by atoms with E-state index < -0.39 is 53.4 Å². The number of methoxy groups -OCH3 is 1. The van der Waals surface area contributed by atoms with Gasteiger partial charge in [0, 0.05) is 12.0 Å². The second-order valence-electron chi connectivity index (χ2n) is 3.16. The van der Waals surface area contributed by atoms with Crippen LogP contribution in [-0.4, -0.2) is 18.2 Å². The molecular formula is C10H8F4O3. The first-order chi connectivity index (χ1) is 7.90. The van der Waals surface area contributed by atoms with Crippen LogP contribution in [0, 0.1) is 23.3 Å². The van der Waals surface area contributed by atoms with E-state index in [1.54, 1.807) is 0 Å². The van der Waals surface area contributed by atoms with Crippen molar-refractivity contribution in [1.82, 2.24) is 0 Å². The molecule has 0 aliphatic carbocycles. The van der Waals surface area contributed by atoms with E-state index in [-0.39, 0.29) is 0 Å². The van der Waals surface area contributed by atoms with Crippen molar-refractivity contribution in [3.05, 3.63) is 28.8 Å². The Morgan fingerprint density at radius 3 is 2.00 bits per heavy atom. The van der Waals surface area contributed by atoms with Gasteiger partial charge in [0.15, 0.2) is 17.4 Å². The van der Waals surface area contributed by atoms with E-state index in [1.807, 2.05) is 0 Å². The second kappa shape index (κ2) is 5.03. The number of hydrogen-bond donors (Lipinski definition) is 1. The first-order valence-corrected chi connectivity index (χ1v) is 4.50. The third-order valence-electron chi connectivity index (χ3n) is 2.14. The zero-order valence-electron chi connectivity index (χ0n) is 8.69. The van der Waals surface area contributed by atoms with Gasteiger partial charge < -0.3 is 9.84 Å². The Balaban J connectivity index is 3.12. The molecule has 0 spiro atoms. The Labute approximate surface area is 93.6 Å². The van der Waals surface area contributed by atoms with Crippen LogP contribution in [0.5, 0.6) is 5.75 Å². The van der Waals surface area contributed by atoms with Crippen molar-refractivity contribution >= 4 is 5.97 Å². The Kier molecular flexibility index (Phi) is 3.93. The quantitative estimate of drug-likeness (QED) is 0.508. The molecule has 0 bridgehead atoms. The molecule has 0 amide bonds. The number of aromatic hydroxyl groups is 1. The minimum Gasteiger partial charge on any atom is -0.503 e. The highest BCUT2D eigenvalue weighted by molar-refractivity contribution is 5.69. The number of halogens is 4. The van der Waals surface area contributed by atoms with Gasteiger partial charge in [-0.15, -0.1) is 0 Å². The molecule has 0 aliphatic rings. The van der Waals surface area contributed by atoms with Gasteiger partial charge >= 0.3 is 5.97 Å². The summed E-state index contributed by atoms with van der Waals surface area (Å²) < 4.78 is 56.3. The van der Waals surface area contributed by atoms with Gasteiger partial charge in [-0.05, 0) is 6.42 Å². The van der Waals surface area contributed by atoms with Crippen LogP contribution in [0.15, 0.2) is 0 Å². The lowest BCUT2D eigenvalue weighted by atomic mass is 10.1. The largest absolute Gasteiger partial charge is 0.503 e. The lowest BCUT2D eigenvalue weighted by Gasteiger charge is -2.07. The third kappa shape index (κ3) is 2.48. The molecule has 1 N–H and O–H groups in total. The van der Waals surface area contributed by atoms with Crippen molar-refractivity contribution < 1.29 is 32.2 Å². The van der Waals surface area contributed by atoms with Crippen molar-refractivity contribution in [1.29, 1.82) is 0 Å². The summed E-state index contributed by atoms with van der Waals surface area (Å²) in [7, 11) is 1.06. The summed E-state index contributed by atoms with van der Waals surface area (Å²) in [6.07, 6.45) is -1.01. The number of esters is 1. The Hall–Kier alpha value is -1.79. The van der Waals surface area contributed by atoms with E-state index in [4.69, 9.17) is 5.11 Å². The summed E-state index contributed by atoms with van der Waals surface area (Å²) in [6.45, 7) is 0. The SMILES string of the molecule is COC(=O)CCc1c(F)c(F)c(O)c(F)c1F. The highest BCUT2D eigenvalue weighted by atomic mass is 19.2. The molecule has 0 atom stereocenters. The molecule has 3 nitrogen and oxygen atoms in total. The maximum atomic E-state index is 13.2. The number of phenolic OH excluding ortho intramolecular Hbond substituents is 1. The average Bonchev–Trinajstić information content (AvgIpc) is 2.33. The van der Waals surface area contributed by atoms with Crippen LogP contribution in [0.3, 0.4) is 0 Å². The van der Waals surface area contributed by atoms with Crippen LogP contribution in [0.2, 0.25) is 0 Å². The summed E-state index contributed by atoms with van der Waals surface area (Å²) in [5.41, 5.74) is -0.941. The standard InChI is InChI=1S/C10H8F4O3/c1-17-5(15)3-2-4-6(11)8(13)10(16)9(14)7(4)12/h16H,2-3H2,1H3. The fourth-order valence-electron chi connectivity index (χ4n) is 1.21. The van der Waals surface area contributed by atoms with Crippen LogP contribution in [0.4, 0.5) is 17.6 Å². The van der Waals surface area contributed by atoms with Crippen molar-refractivity contribution in [2.75, 3.05) is 7.11 Å². The molecule has 94 valence electrons. The zero-order chi connectivity index (χ0) is 13.2. The fraction of sp³-hybridized carbons (Fsp3) is 0.300. The van der Waals surface area contributed by atoms with Crippen molar-refractivity contribution in [2.45, 2.75) is 12.8 Å². The summed E-state index contributed by atoms with van der Waals surface area (Å²) >= 11 is 0. The molecule has 0 heterocycles. The molecule has 0 aromatic heterocycles. The molecule has 0 aliphatic heterocycles. The van der Waals surface area contributed by atoms with Crippen molar-refractivity contribution in [3.8, 4) is 5.75 Å².